The highest BCUT2D eigenvalue weighted by Crippen LogP contribution is 2.23. The fourth-order valence-electron chi connectivity index (χ4n) is 2.21. The number of hydrogen-bond acceptors (Lipinski definition) is 5. The molecule has 2 rings (SSSR count). The van der Waals surface area contributed by atoms with Gasteiger partial charge in [-0.3, -0.25) is 0 Å². The molecule has 1 aliphatic rings. The Balaban J connectivity index is 1.88. The lowest BCUT2D eigenvalue weighted by Crippen LogP contribution is -2.10. The van der Waals surface area contributed by atoms with Crippen molar-refractivity contribution >= 4 is 17.3 Å². The largest absolute Gasteiger partial charge is 0.393 e. The second-order valence-electron chi connectivity index (χ2n) is 4.52. The summed E-state index contributed by atoms with van der Waals surface area (Å²) in [5.74, 6) is 1.38. The quantitative estimate of drug-likeness (QED) is 0.697. The standard InChI is InChI=1S/C13H21N5/c1-15-12-11(14)13(18-9-17-12)16-8-7-10-5-3-2-4-6-10/h5,9H,2-4,6-8,14H2,1H3,(H2,15,16,17,18). The van der Waals surface area contributed by atoms with Gasteiger partial charge in [0.2, 0.25) is 0 Å². The average molecular weight is 247 g/mol. The molecule has 0 saturated heterocycles. The highest BCUT2D eigenvalue weighted by atomic mass is 15.1. The molecule has 0 amide bonds. The Morgan fingerprint density at radius 3 is 2.83 bits per heavy atom. The van der Waals surface area contributed by atoms with Gasteiger partial charge in [-0.15, -0.1) is 0 Å². The number of rotatable bonds is 5. The summed E-state index contributed by atoms with van der Waals surface area (Å²) in [6, 6.07) is 0. The average Bonchev–Trinajstić information content (AvgIpc) is 2.42. The number of anilines is 3. The van der Waals surface area contributed by atoms with E-state index in [1.165, 1.54) is 32.0 Å². The van der Waals surface area contributed by atoms with E-state index >= 15 is 0 Å². The van der Waals surface area contributed by atoms with Gasteiger partial charge < -0.3 is 16.4 Å². The van der Waals surface area contributed by atoms with Crippen LogP contribution in [-0.2, 0) is 0 Å². The van der Waals surface area contributed by atoms with E-state index in [1.807, 2.05) is 0 Å². The van der Waals surface area contributed by atoms with E-state index in [0.717, 1.165) is 13.0 Å². The molecule has 0 unspecified atom stereocenters. The number of nitrogens with two attached hydrogens (primary N) is 1. The number of hydrogen-bond donors (Lipinski definition) is 3. The minimum Gasteiger partial charge on any atom is -0.393 e. The maximum atomic E-state index is 5.95. The van der Waals surface area contributed by atoms with Gasteiger partial charge >= 0.3 is 0 Å². The third kappa shape index (κ3) is 3.12. The molecule has 5 nitrogen and oxygen atoms in total. The third-order valence-electron chi connectivity index (χ3n) is 3.24. The van der Waals surface area contributed by atoms with Gasteiger partial charge in [-0.05, 0) is 32.1 Å². The molecule has 1 aromatic heterocycles. The van der Waals surface area contributed by atoms with Crippen molar-refractivity contribution in [1.82, 2.24) is 9.97 Å². The van der Waals surface area contributed by atoms with Crippen LogP contribution < -0.4 is 16.4 Å². The molecular weight excluding hydrogens is 226 g/mol. The first-order valence-corrected chi connectivity index (χ1v) is 6.51. The van der Waals surface area contributed by atoms with Crippen molar-refractivity contribution in [3.63, 3.8) is 0 Å². The van der Waals surface area contributed by atoms with Crippen molar-refractivity contribution in [2.24, 2.45) is 0 Å². The Kier molecular flexibility index (Phi) is 4.39. The van der Waals surface area contributed by atoms with Gasteiger partial charge in [-0.2, -0.15) is 0 Å². The SMILES string of the molecule is CNc1ncnc(NCCC2=CCCCC2)c1N. The molecule has 0 radical (unpaired) electrons. The monoisotopic (exact) mass is 247 g/mol. The number of nitrogens with zero attached hydrogens (tertiary/aromatic N) is 2. The van der Waals surface area contributed by atoms with Crippen LogP contribution in [0.5, 0.6) is 0 Å². The van der Waals surface area contributed by atoms with Crippen LogP contribution in [0.25, 0.3) is 0 Å². The van der Waals surface area contributed by atoms with E-state index in [4.69, 9.17) is 5.73 Å². The highest BCUT2D eigenvalue weighted by Gasteiger charge is 2.07. The molecule has 0 saturated carbocycles. The van der Waals surface area contributed by atoms with Crippen LogP contribution in [0.3, 0.4) is 0 Å². The number of nitrogens with one attached hydrogen (secondary N) is 2. The van der Waals surface area contributed by atoms with E-state index in [0.29, 0.717) is 17.3 Å². The summed E-state index contributed by atoms with van der Waals surface area (Å²) in [4.78, 5) is 8.22. The molecule has 0 atom stereocenters. The van der Waals surface area contributed by atoms with Crippen molar-refractivity contribution in [1.29, 1.82) is 0 Å². The first kappa shape index (κ1) is 12.7. The number of nitrogen functional groups attached to an aromatic ring is 1. The van der Waals surface area contributed by atoms with Crippen molar-refractivity contribution < 1.29 is 0 Å². The van der Waals surface area contributed by atoms with Gasteiger partial charge in [0.25, 0.3) is 0 Å². The van der Waals surface area contributed by atoms with Crippen molar-refractivity contribution in [2.45, 2.75) is 32.1 Å². The normalized spacial score (nSPS) is 15.1. The Morgan fingerprint density at radius 1 is 1.28 bits per heavy atom. The van der Waals surface area contributed by atoms with Crippen LogP contribution in [0.1, 0.15) is 32.1 Å². The van der Waals surface area contributed by atoms with E-state index < -0.39 is 0 Å². The zero-order chi connectivity index (χ0) is 12.8. The van der Waals surface area contributed by atoms with Crippen LogP contribution in [0.2, 0.25) is 0 Å². The van der Waals surface area contributed by atoms with Gasteiger partial charge in [0, 0.05) is 13.6 Å². The van der Waals surface area contributed by atoms with E-state index in [9.17, 15) is 0 Å². The lowest BCUT2D eigenvalue weighted by Gasteiger charge is -2.14. The van der Waals surface area contributed by atoms with Crippen LogP contribution >= 0.6 is 0 Å². The molecule has 5 heteroatoms. The summed E-state index contributed by atoms with van der Waals surface area (Å²) in [7, 11) is 1.80. The number of allylic oxidation sites excluding steroid dienone is 1. The van der Waals surface area contributed by atoms with E-state index in [1.54, 1.807) is 12.6 Å². The predicted molar refractivity (Wildman–Crippen MR) is 75.6 cm³/mol. The minimum atomic E-state index is 0.581. The molecule has 98 valence electrons. The fourth-order valence-corrected chi connectivity index (χ4v) is 2.21. The topological polar surface area (TPSA) is 75.9 Å². The smallest absolute Gasteiger partial charge is 0.154 e. The molecule has 1 aromatic rings. The molecule has 18 heavy (non-hydrogen) atoms. The van der Waals surface area contributed by atoms with Gasteiger partial charge in [-0.25, -0.2) is 9.97 Å². The maximum Gasteiger partial charge on any atom is 0.154 e. The summed E-state index contributed by atoms with van der Waals surface area (Å²) in [5, 5.41) is 6.23. The summed E-state index contributed by atoms with van der Waals surface area (Å²) in [6.45, 7) is 0.871. The Labute approximate surface area is 108 Å². The van der Waals surface area contributed by atoms with Crippen LogP contribution in [0.4, 0.5) is 17.3 Å². The summed E-state index contributed by atoms with van der Waals surface area (Å²) < 4.78 is 0. The molecule has 0 spiro atoms. The third-order valence-corrected chi connectivity index (χ3v) is 3.24. The first-order chi connectivity index (χ1) is 8.81. The minimum absolute atomic E-state index is 0.581. The summed E-state index contributed by atoms with van der Waals surface area (Å²) in [5.41, 5.74) is 8.08. The van der Waals surface area contributed by atoms with Gasteiger partial charge in [-0.1, -0.05) is 11.6 Å². The molecule has 0 bridgehead atoms. The van der Waals surface area contributed by atoms with Gasteiger partial charge in [0.05, 0.1) is 0 Å². The van der Waals surface area contributed by atoms with Crippen LogP contribution in [-0.4, -0.2) is 23.6 Å². The molecular formula is C13H21N5. The summed E-state index contributed by atoms with van der Waals surface area (Å²) >= 11 is 0. The zero-order valence-corrected chi connectivity index (χ0v) is 10.9. The molecule has 0 fully saturated rings. The molecule has 1 heterocycles. The lowest BCUT2D eigenvalue weighted by atomic mass is 9.97. The zero-order valence-electron chi connectivity index (χ0n) is 10.9. The van der Waals surface area contributed by atoms with Crippen LogP contribution in [0, 0.1) is 0 Å². The fraction of sp³-hybridized carbons (Fsp3) is 0.538. The predicted octanol–water partition coefficient (Wildman–Crippen LogP) is 2.40. The van der Waals surface area contributed by atoms with Crippen molar-refractivity contribution in [3.05, 3.63) is 18.0 Å². The van der Waals surface area contributed by atoms with Crippen LogP contribution in [0.15, 0.2) is 18.0 Å². The van der Waals surface area contributed by atoms with Gasteiger partial charge in [0.1, 0.15) is 12.0 Å². The van der Waals surface area contributed by atoms with E-state index in [2.05, 4.69) is 26.7 Å². The van der Waals surface area contributed by atoms with Crippen molar-refractivity contribution in [2.75, 3.05) is 30.0 Å². The number of aromatic nitrogens is 2. The molecule has 0 aliphatic heterocycles. The Hall–Kier alpha value is -1.78. The molecule has 1 aliphatic carbocycles. The Bertz CT molecular complexity index is 427. The second-order valence-corrected chi connectivity index (χ2v) is 4.52. The van der Waals surface area contributed by atoms with Crippen molar-refractivity contribution in [3.8, 4) is 0 Å². The lowest BCUT2D eigenvalue weighted by molar-refractivity contribution is 0.679. The Morgan fingerprint density at radius 2 is 2.11 bits per heavy atom. The highest BCUT2D eigenvalue weighted by molar-refractivity contribution is 5.73. The maximum absolute atomic E-state index is 5.95. The van der Waals surface area contributed by atoms with Gasteiger partial charge in [0.15, 0.2) is 11.6 Å². The van der Waals surface area contributed by atoms with E-state index in [-0.39, 0.29) is 0 Å². The molecule has 0 aromatic carbocycles. The second kappa shape index (κ2) is 6.23. The summed E-state index contributed by atoms with van der Waals surface area (Å²) in [6.07, 6.45) is 10.1. The first-order valence-electron chi connectivity index (χ1n) is 6.51. The molecule has 4 N–H and O–H groups in total.